The summed E-state index contributed by atoms with van der Waals surface area (Å²) in [6.07, 6.45) is 1.43. The summed E-state index contributed by atoms with van der Waals surface area (Å²) in [7, 11) is 0. The number of allylic oxidation sites excluding steroid dienone is 1. The summed E-state index contributed by atoms with van der Waals surface area (Å²) in [5.41, 5.74) is 6.08. The molecule has 0 rings (SSSR count). The Morgan fingerprint density at radius 2 is 2.20 bits per heavy atom. The van der Waals surface area contributed by atoms with Gasteiger partial charge in [0.15, 0.2) is 0 Å². The summed E-state index contributed by atoms with van der Waals surface area (Å²) < 4.78 is 0. The number of Topliss-reactive ketones (excluding diaryl/α,β-unsaturated/α-hetero) is 1. The Bertz CT molecular complexity index is 140. The van der Waals surface area contributed by atoms with E-state index in [1.165, 1.54) is 0 Å². The molecule has 2 heteroatoms. The predicted molar refractivity (Wildman–Crippen MR) is 42.4 cm³/mol. The highest BCUT2D eigenvalue weighted by Gasteiger charge is 2.03. The van der Waals surface area contributed by atoms with Gasteiger partial charge in [-0.05, 0) is 19.3 Å². The van der Waals surface area contributed by atoms with Crippen LogP contribution < -0.4 is 5.73 Å². The minimum absolute atomic E-state index is 0.216. The van der Waals surface area contributed by atoms with Crippen molar-refractivity contribution in [2.45, 2.75) is 26.7 Å². The summed E-state index contributed by atoms with van der Waals surface area (Å²) in [6, 6.07) is 0. The minimum atomic E-state index is 0.216. The van der Waals surface area contributed by atoms with Crippen LogP contribution >= 0.6 is 0 Å². The second kappa shape index (κ2) is 4.09. The van der Waals surface area contributed by atoms with Gasteiger partial charge < -0.3 is 10.5 Å². The molecule has 0 fully saturated rings. The van der Waals surface area contributed by atoms with E-state index in [4.69, 9.17) is 5.73 Å². The van der Waals surface area contributed by atoms with Gasteiger partial charge in [-0.25, -0.2) is 0 Å². The number of carbonyl (C=O) groups excluding carboxylic acids is 1. The van der Waals surface area contributed by atoms with E-state index in [0.717, 1.165) is 6.42 Å². The molecule has 1 atom stereocenters. The molecule has 0 saturated heterocycles. The Labute approximate surface area is 62.1 Å². The molecule has 0 aliphatic heterocycles. The summed E-state index contributed by atoms with van der Waals surface area (Å²) in [5, 5.41) is 0. The molecule has 0 heterocycles. The molecule has 2 nitrogen and oxygen atoms in total. The predicted octanol–water partition coefficient (Wildman–Crippen LogP) is 1.46. The molecule has 1 unspecified atom stereocenters. The van der Waals surface area contributed by atoms with Gasteiger partial charge >= 0.3 is 0 Å². The first kappa shape index (κ1) is 9.21. The van der Waals surface area contributed by atoms with Crippen molar-refractivity contribution in [2.75, 3.05) is 0 Å². The lowest BCUT2D eigenvalue weighted by Crippen LogP contribution is -2.08. The topological polar surface area (TPSA) is 43.1 Å². The van der Waals surface area contributed by atoms with Gasteiger partial charge in [0.2, 0.25) is 0 Å². The number of nitrogens with two attached hydrogens (primary N) is 1. The Balaban J connectivity index is 3.49. The molecule has 0 bridgehead atoms. The van der Waals surface area contributed by atoms with E-state index in [1.54, 1.807) is 6.92 Å². The zero-order valence-electron chi connectivity index (χ0n) is 6.68. The van der Waals surface area contributed by atoms with Gasteiger partial charge in [-0.2, -0.15) is 0 Å². The van der Waals surface area contributed by atoms with E-state index in [2.05, 4.69) is 6.58 Å². The number of ketones is 1. The smallest absolute Gasteiger partial charge is 0.129 e. The van der Waals surface area contributed by atoms with Crippen molar-refractivity contribution in [3.63, 3.8) is 0 Å². The molecule has 0 spiro atoms. The first-order valence-corrected chi connectivity index (χ1v) is 3.47. The molecule has 0 aliphatic carbocycles. The molecule has 0 aromatic rings. The summed E-state index contributed by atoms with van der Waals surface area (Å²) in [6.45, 7) is 7.17. The fraction of sp³-hybridized carbons (Fsp3) is 0.625. The van der Waals surface area contributed by atoms with E-state index in [-0.39, 0.29) is 11.7 Å². The summed E-state index contributed by atoms with van der Waals surface area (Å²) in [5.74, 6) is 0.483. The lowest BCUT2D eigenvalue weighted by molar-refractivity contribution is -0.117. The lowest BCUT2D eigenvalue weighted by Gasteiger charge is -2.07. The van der Waals surface area contributed by atoms with Crippen molar-refractivity contribution < 1.29 is 4.79 Å². The highest BCUT2D eigenvalue weighted by molar-refractivity contribution is 5.75. The van der Waals surface area contributed by atoms with Gasteiger partial charge in [0.05, 0.1) is 0 Å². The van der Waals surface area contributed by atoms with Crippen molar-refractivity contribution in [1.82, 2.24) is 0 Å². The molecular formula is C8H15NO. The third kappa shape index (κ3) is 4.13. The van der Waals surface area contributed by atoms with Crippen LogP contribution in [-0.2, 0) is 4.79 Å². The molecule has 0 aliphatic rings. The number of hydrogen-bond donors (Lipinski definition) is 1. The molecule has 0 aromatic heterocycles. The summed E-state index contributed by atoms with van der Waals surface area (Å²) >= 11 is 0. The fourth-order valence-corrected chi connectivity index (χ4v) is 0.605. The van der Waals surface area contributed by atoms with Crippen molar-refractivity contribution >= 4 is 5.78 Å². The van der Waals surface area contributed by atoms with Crippen molar-refractivity contribution in [3.8, 4) is 0 Å². The van der Waals surface area contributed by atoms with Gasteiger partial charge in [-0.1, -0.05) is 13.5 Å². The second-order valence-corrected chi connectivity index (χ2v) is 2.72. The van der Waals surface area contributed by atoms with Crippen LogP contribution in [0.4, 0.5) is 0 Å². The molecule has 0 saturated carbocycles. The Morgan fingerprint density at radius 1 is 1.70 bits per heavy atom. The molecular weight excluding hydrogens is 126 g/mol. The minimum Gasteiger partial charge on any atom is -0.402 e. The maximum absolute atomic E-state index is 10.5. The third-order valence-electron chi connectivity index (χ3n) is 1.56. The van der Waals surface area contributed by atoms with Crippen molar-refractivity contribution in [2.24, 2.45) is 11.7 Å². The highest BCUT2D eigenvalue weighted by atomic mass is 16.1. The average Bonchev–Trinajstić information content (AvgIpc) is 1.82. The third-order valence-corrected chi connectivity index (χ3v) is 1.56. The molecule has 10 heavy (non-hydrogen) atoms. The SMILES string of the molecule is C=C(N)C(C)CCC(C)=O. The van der Waals surface area contributed by atoms with Crippen LogP contribution in [0.15, 0.2) is 12.3 Å². The number of carbonyl (C=O) groups is 1. The average molecular weight is 141 g/mol. The van der Waals surface area contributed by atoms with E-state index in [1.807, 2.05) is 6.92 Å². The van der Waals surface area contributed by atoms with E-state index >= 15 is 0 Å². The van der Waals surface area contributed by atoms with E-state index in [0.29, 0.717) is 12.1 Å². The molecule has 0 amide bonds. The zero-order chi connectivity index (χ0) is 8.15. The van der Waals surface area contributed by atoms with E-state index in [9.17, 15) is 4.79 Å². The highest BCUT2D eigenvalue weighted by Crippen LogP contribution is 2.09. The normalized spacial score (nSPS) is 12.6. The first-order chi connectivity index (χ1) is 4.54. The van der Waals surface area contributed by atoms with Crippen LogP contribution in [-0.4, -0.2) is 5.78 Å². The number of hydrogen-bond acceptors (Lipinski definition) is 2. The molecule has 58 valence electrons. The molecule has 0 aromatic carbocycles. The Hall–Kier alpha value is -0.790. The van der Waals surface area contributed by atoms with Gasteiger partial charge in [-0.3, -0.25) is 0 Å². The zero-order valence-corrected chi connectivity index (χ0v) is 6.68. The van der Waals surface area contributed by atoms with Crippen LogP contribution in [0, 0.1) is 5.92 Å². The van der Waals surface area contributed by atoms with Crippen LogP contribution in [0.25, 0.3) is 0 Å². The Morgan fingerprint density at radius 3 is 2.50 bits per heavy atom. The van der Waals surface area contributed by atoms with Crippen molar-refractivity contribution in [3.05, 3.63) is 12.3 Å². The van der Waals surface area contributed by atoms with Crippen LogP contribution in [0.2, 0.25) is 0 Å². The largest absolute Gasteiger partial charge is 0.402 e. The number of rotatable bonds is 4. The second-order valence-electron chi connectivity index (χ2n) is 2.72. The van der Waals surface area contributed by atoms with Crippen molar-refractivity contribution in [1.29, 1.82) is 0 Å². The maximum atomic E-state index is 10.5. The fourth-order valence-electron chi connectivity index (χ4n) is 0.605. The van der Waals surface area contributed by atoms with Gasteiger partial charge in [0.1, 0.15) is 5.78 Å². The maximum Gasteiger partial charge on any atom is 0.129 e. The molecule has 2 N–H and O–H groups in total. The lowest BCUT2D eigenvalue weighted by atomic mass is 10.0. The molecule has 0 radical (unpaired) electrons. The quantitative estimate of drug-likeness (QED) is 0.644. The monoisotopic (exact) mass is 141 g/mol. The van der Waals surface area contributed by atoms with Gasteiger partial charge in [0.25, 0.3) is 0 Å². The summed E-state index contributed by atoms with van der Waals surface area (Å²) in [4.78, 5) is 10.5. The van der Waals surface area contributed by atoms with Gasteiger partial charge in [-0.15, -0.1) is 0 Å². The van der Waals surface area contributed by atoms with E-state index < -0.39 is 0 Å². The van der Waals surface area contributed by atoms with Crippen LogP contribution in [0.3, 0.4) is 0 Å². The first-order valence-electron chi connectivity index (χ1n) is 3.47. The standard InChI is InChI=1S/C8H15NO/c1-6(8(3)9)4-5-7(2)10/h6H,3-5,9H2,1-2H3. The van der Waals surface area contributed by atoms with Gasteiger partial charge in [0, 0.05) is 12.1 Å². The Kier molecular flexibility index (Phi) is 3.77. The van der Waals surface area contributed by atoms with Crippen LogP contribution in [0.5, 0.6) is 0 Å². The van der Waals surface area contributed by atoms with Crippen LogP contribution in [0.1, 0.15) is 26.7 Å².